The third-order valence-electron chi connectivity index (χ3n) is 6.81. The number of aliphatic hydroxyl groups excluding tert-OH is 1. The molecule has 0 radical (unpaired) electrons. The molecule has 0 saturated carbocycles. The molecule has 2 aromatic carbocycles. The summed E-state index contributed by atoms with van der Waals surface area (Å²) in [5.41, 5.74) is 9.00. The van der Waals surface area contributed by atoms with Gasteiger partial charge in [0, 0.05) is 37.6 Å². The summed E-state index contributed by atoms with van der Waals surface area (Å²) in [5.74, 6) is -0.00971. The van der Waals surface area contributed by atoms with Crippen molar-refractivity contribution in [2.24, 2.45) is 5.92 Å². The fourth-order valence-electron chi connectivity index (χ4n) is 4.65. The number of amides is 1. The van der Waals surface area contributed by atoms with Crippen LogP contribution in [0.5, 0.6) is 0 Å². The second-order valence-corrected chi connectivity index (χ2v) is 12.6. The number of nitrogens with two attached hydrogens (primary N) is 1. The van der Waals surface area contributed by atoms with Gasteiger partial charge in [0.2, 0.25) is 10.0 Å². The van der Waals surface area contributed by atoms with Crippen LogP contribution in [0, 0.1) is 5.92 Å². The monoisotopic (exact) mass is 582 g/mol. The molecule has 1 fully saturated rings. The zero-order chi connectivity index (χ0) is 29.4. The van der Waals surface area contributed by atoms with Crippen molar-refractivity contribution in [3.05, 3.63) is 78.6 Å². The second kappa shape index (κ2) is 13.9. The molecular formula is C30H38N4O6S. The minimum Gasteiger partial charge on any atom is -0.444 e. The Labute approximate surface area is 241 Å². The summed E-state index contributed by atoms with van der Waals surface area (Å²) in [4.78, 5) is 17.0. The summed E-state index contributed by atoms with van der Waals surface area (Å²) in [7, 11) is -3.95. The van der Waals surface area contributed by atoms with Gasteiger partial charge in [-0.15, -0.1) is 0 Å². The van der Waals surface area contributed by atoms with E-state index in [1.807, 2.05) is 50.2 Å². The smallest absolute Gasteiger partial charge is 0.407 e. The number of ether oxygens (including phenoxy) is 2. The predicted octanol–water partition coefficient (Wildman–Crippen LogP) is 3.46. The van der Waals surface area contributed by atoms with E-state index in [0.29, 0.717) is 25.3 Å². The molecule has 11 heteroatoms. The van der Waals surface area contributed by atoms with Crippen molar-refractivity contribution >= 4 is 21.8 Å². The summed E-state index contributed by atoms with van der Waals surface area (Å²) in [6.07, 6.45) is 2.05. The number of carbonyl (C=O) groups is 1. The maximum atomic E-state index is 13.6. The zero-order valence-corrected chi connectivity index (χ0v) is 24.2. The highest BCUT2D eigenvalue weighted by atomic mass is 32.2. The number of aromatic nitrogens is 1. The molecule has 0 bridgehead atoms. The van der Waals surface area contributed by atoms with Crippen LogP contribution in [0.25, 0.3) is 11.1 Å². The first-order valence-corrected chi connectivity index (χ1v) is 15.1. The molecule has 1 saturated heterocycles. The van der Waals surface area contributed by atoms with E-state index in [0.717, 1.165) is 16.7 Å². The number of alkyl carbamates (subject to hydrolysis) is 1. The molecule has 4 rings (SSSR count). The fraction of sp³-hybridized carbons (Fsp3) is 0.400. The quantitative estimate of drug-likeness (QED) is 0.276. The fourth-order valence-corrected chi connectivity index (χ4v) is 6.27. The Morgan fingerprint density at radius 3 is 2.46 bits per heavy atom. The average molecular weight is 583 g/mol. The third-order valence-corrected chi connectivity index (χ3v) is 8.66. The molecule has 1 amide bonds. The maximum absolute atomic E-state index is 13.6. The molecule has 1 aromatic heterocycles. The van der Waals surface area contributed by atoms with Gasteiger partial charge in [-0.05, 0) is 59.4 Å². The highest BCUT2D eigenvalue weighted by molar-refractivity contribution is 7.89. The molecule has 2 heterocycles. The molecule has 0 spiro atoms. The number of nitrogens with one attached hydrogen (secondary N) is 1. The van der Waals surface area contributed by atoms with Crippen LogP contribution >= 0.6 is 0 Å². The number of anilines is 1. The number of sulfonamides is 1. The van der Waals surface area contributed by atoms with Gasteiger partial charge in [-0.3, -0.25) is 4.98 Å². The molecule has 1 aliphatic rings. The van der Waals surface area contributed by atoms with E-state index in [9.17, 15) is 18.3 Å². The first kappa shape index (κ1) is 30.4. The Kier molecular flexibility index (Phi) is 10.3. The lowest BCUT2D eigenvalue weighted by Gasteiger charge is -2.30. The van der Waals surface area contributed by atoms with E-state index in [1.165, 1.54) is 28.6 Å². The summed E-state index contributed by atoms with van der Waals surface area (Å²) in [6.45, 7) is 4.59. The normalized spacial score (nSPS) is 17.0. The van der Waals surface area contributed by atoms with Crippen LogP contribution in [0.2, 0.25) is 0 Å². The number of hydrogen-bond acceptors (Lipinski definition) is 8. The van der Waals surface area contributed by atoms with Gasteiger partial charge in [0.15, 0.2) is 0 Å². The van der Waals surface area contributed by atoms with Gasteiger partial charge in [-0.1, -0.05) is 44.2 Å². The number of nitrogen functional groups attached to an aromatic ring is 1. The maximum Gasteiger partial charge on any atom is 0.407 e. The highest BCUT2D eigenvalue weighted by Crippen LogP contribution is 2.22. The summed E-state index contributed by atoms with van der Waals surface area (Å²) in [5, 5.41) is 14.2. The number of hydrogen-bond donors (Lipinski definition) is 3. The van der Waals surface area contributed by atoms with E-state index in [2.05, 4.69) is 10.3 Å². The Bertz CT molecular complexity index is 1360. The lowest BCUT2D eigenvalue weighted by Crippen LogP contribution is -2.51. The summed E-state index contributed by atoms with van der Waals surface area (Å²) in [6, 6.07) is 16.7. The molecule has 41 heavy (non-hydrogen) atoms. The topological polar surface area (TPSA) is 144 Å². The van der Waals surface area contributed by atoms with Crippen LogP contribution in [0.3, 0.4) is 0 Å². The zero-order valence-electron chi connectivity index (χ0n) is 23.3. The third kappa shape index (κ3) is 8.49. The molecule has 0 aliphatic carbocycles. The Balaban J connectivity index is 1.55. The van der Waals surface area contributed by atoms with E-state index in [1.54, 1.807) is 12.4 Å². The van der Waals surface area contributed by atoms with Crippen molar-refractivity contribution in [2.45, 2.75) is 49.8 Å². The Morgan fingerprint density at radius 2 is 1.85 bits per heavy atom. The number of nitrogens with zero attached hydrogens (tertiary/aromatic N) is 2. The van der Waals surface area contributed by atoms with E-state index in [4.69, 9.17) is 15.2 Å². The largest absolute Gasteiger partial charge is 0.444 e. The van der Waals surface area contributed by atoms with Crippen LogP contribution in [-0.4, -0.2) is 73.5 Å². The standard InChI is InChI=1S/C30H38N4O6S/c1-21(2)18-34(41(37,38)27-11-9-25(31)10-12-27)19-29(35)28(33-30(36)40-26-13-15-39-20-26)16-22-5-7-23(8-6-22)24-4-3-14-32-17-24/h3-12,14,17,21,26,28-29,35H,13,15-16,18-20,31H2,1-2H3,(H,33,36)/t26-,28-,29+/m0/s1. The second-order valence-electron chi connectivity index (χ2n) is 10.6. The van der Waals surface area contributed by atoms with E-state index >= 15 is 0 Å². The van der Waals surface area contributed by atoms with Gasteiger partial charge in [0.1, 0.15) is 6.10 Å². The molecule has 220 valence electrons. The van der Waals surface area contributed by atoms with Crippen LogP contribution in [0.4, 0.5) is 10.5 Å². The van der Waals surface area contributed by atoms with Gasteiger partial charge in [0.05, 0.1) is 30.3 Å². The number of benzene rings is 2. The van der Waals surface area contributed by atoms with Crippen LogP contribution in [0.1, 0.15) is 25.8 Å². The number of aliphatic hydroxyl groups is 1. The summed E-state index contributed by atoms with van der Waals surface area (Å²) >= 11 is 0. The van der Waals surface area contributed by atoms with Gasteiger partial charge in [-0.2, -0.15) is 4.31 Å². The predicted molar refractivity (Wildman–Crippen MR) is 156 cm³/mol. The molecular weight excluding hydrogens is 544 g/mol. The molecule has 1 aliphatic heterocycles. The van der Waals surface area contributed by atoms with Crippen molar-refractivity contribution in [2.75, 3.05) is 32.0 Å². The minimum atomic E-state index is -3.95. The van der Waals surface area contributed by atoms with Gasteiger partial charge in [-0.25, -0.2) is 13.2 Å². The van der Waals surface area contributed by atoms with Crippen molar-refractivity contribution in [3.63, 3.8) is 0 Å². The number of pyridine rings is 1. The number of carbonyl (C=O) groups excluding carboxylic acids is 1. The first-order valence-electron chi connectivity index (χ1n) is 13.7. The van der Waals surface area contributed by atoms with Crippen molar-refractivity contribution in [1.82, 2.24) is 14.6 Å². The minimum absolute atomic E-state index is 0.00971. The molecule has 4 N–H and O–H groups in total. The Hall–Kier alpha value is -3.51. The average Bonchev–Trinajstić information content (AvgIpc) is 3.46. The van der Waals surface area contributed by atoms with Gasteiger partial charge >= 0.3 is 6.09 Å². The van der Waals surface area contributed by atoms with Crippen LogP contribution in [-0.2, 0) is 25.9 Å². The molecule has 3 aromatic rings. The lowest BCUT2D eigenvalue weighted by atomic mass is 9.98. The number of rotatable bonds is 12. The summed E-state index contributed by atoms with van der Waals surface area (Å²) < 4.78 is 39.2. The van der Waals surface area contributed by atoms with Gasteiger partial charge < -0.3 is 25.6 Å². The van der Waals surface area contributed by atoms with E-state index in [-0.39, 0.29) is 36.4 Å². The van der Waals surface area contributed by atoms with Crippen molar-refractivity contribution in [1.29, 1.82) is 0 Å². The van der Waals surface area contributed by atoms with Crippen molar-refractivity contribution < 1.29 is 27.8 Å². The lowest BCUT2D eigenvalue weighted by molar-refractivity contribution is 0.0644. The van der Waals surface area contributed by atoms with Crippen LogP contribution < -0.4 is 11.1 Å². The molecule has 0 unspecified atom stereocenters. The molecule has 3 atom stereocenters. The SMILES string of the molecule is CC(C)CN(C[C@@H](O)[C@H](Cc1ccc(-c2cccnc2)cc1)NC(=O)O[C@H]1CCOC1)S(=O)(=O)c1ccc(N)cc1. The molecule has 10 nitrogen and oxygen atoms in total. The van der Waals surface area contributed by atoms with Gasteiger partial charge in [0.25, 0.3) is 0 Å². The first-order chi connectivity index (χ1) is 19.6. The van der Waals surface area contributed by atoms with Crippen molar-refractivity contribution in [3.8, 4) is 11.1 Å². The van der Waals surface area contributed by atoms with E-state index < -0.39 is 28.3 Å². The highest BCUT2D eigenvalue weighted by Gasteiger charge is 2.32. The van der Waals surface area contributed by atoms with Crippen LogP contribution in [0.15, 0.2) is 78.0 Å². The Morgan fingerprint density at radius 1 is 1.12 bits per heavy atom.